The summed E-state index contributed by atoms with van der Waals surface area (Å²) < 4.78 is 37.8. The van der Waals surface area contributed by atoms with E-state index in [-0.39, 0.29) is 11.7 Å². The second-order valence-electron chi connectivity index (χ2n) is 8.68. The van der Waals surface area contributed by atoms with Crippen LogP contribution in [0.3, 0.4) is 0 Å². The Morgan fingerprint density at radius 1 is 1.27 bits per heavy atom. The van der Waals surface area contributed by atoms with E-state index < -0.39 is 52.0 Å². The maximum absolute atomic E-state index is 13.0. The number of rotatable bonds is 5. The van der Waals surface area contributed by atoms with Gasteiger partial charge < -0.3 is 24.4 Å². The van der Waals surface area contributed by atoms with Gasteiger partial charge in [-0.2, -0.15) is 0 Å². The normalized spacial score (nSPS) is 24.7. The van der Waals surface area contributed by atoms with Gasteiger partial charge in [-0.25, -0.2) is 18.4 Å². The van der Waals surface area contributed by atoms with E-state index in [0.29, 0.717) is 24.8 Å². The maximum Gasteiger partial charge on any atom is 0.498 e. The lowest BCUT2D eigenvalue weighted by Gasteiger charge is -2.33. The number of nitrogens with zero attached hydrogens (tertiary/aromatic N) is 3. The molecule has 0 saturated carbocycles. The summed E-state index contributed by atoms with van der Waals surface area (Å²) >= 11 is 0. The van der Waals surface area contributed by atoms with E-state index in [1.165, 1.54) is 17.3 Å². The topological polar surface area (TPSA) is 139 Å². The highest BCUT2D eigenvalue weighted by Crippen LogP contribution is 2.36. The molecule has 2 fully saturated rings. The van der Waals surface area contributed by atoms with Crippen molar-refractivity contribution in [2.24, 2.45) is 0 Å². The van der Waals surface area contributed by atoms with Crippen molar-refractivity contribution in [1.29, 1.82) is 0 Å². The molecule has 30 heavy (non-hydrogen) atoms. The summed E-state index contributed by atoms with van der Waals surface area (Å²) in [4.78, 5) is 21.4. The first kappa shape index (κ1) is 23.1. The van der Waals surface area contributed by atoms with Gasteiger partial charge in [0, 0.05) is 30.9 Å². The smallest absolute Gasteiger partial charge is 0.399 e. The summed E-state index contributed by atoms with van der Waals surface area (Å²) in [7, 11) is -4.59. The highest BCUT2D eigenvalue weighted by molar-refractivity contribution is 7.91. The van der Waals surface area contributed by atoms with E-state index in [9.17, 15) is 18.3 Å². The second-order valence-corrected chi connectivity index (χ2v) is 10.8. The molecule has 1 amide bonds. The zero-order valence-electron chi connectivity index (χ0n) is 17.6. The SMILES string of the molecule is CC1(C)OB(c2cnc(S(=O)(=O)[C@@H]3CCCN(C(=O)[C@H](O)CO)C3)nc2)OC1(C)C. The molecule has 2 saturated heterocycles. The number of carbonyl (C=O) groups is 1. The molecule has 0 unspecified atom stereocenters. The molecule has 0 radical (unpaired) electrons. The lowest BCUT2D eigenvalue weighted by atomic mass is 9.81. The van der Waals surface area contributed by atoms with Crippen LogP contribution in [0.4, 0.5) is 0 Å². The van der Waals surface area contributed by atoms with Gasteiger partial charge in [0.05, 0.1) is 23.1 Å². The van der Waals surface area contributed by atoms with Gasteiger partial charge in [-0.1, -0.05) is 0 Å². The summed E-state index contributed by atoms with van der Waals surface area (Å²) in [6, 6.07) is 0. The molecule has 2 atom stereocenters. The maximum atomic E-state index is 13.0. The van der Waals surface area contributed by atoms with Gasteiger partial charge >= 0.3 is 7.12 Å². The molecule has 2 N–H and O–H groups in total. The molecule has 2 aliphatic heterocycles. The summed E-state index contributed by atoms with van der Waals surface area (Å²) in [6.07, 6.45) is 2.01. The zero-order chi connectivity index (χ0) is 22.3. The first-order valence-electron chi connectivity index (χ1n) is 9.88. The number of aliphatic hydroxyl groups is 2. The first-order chi connectivity index (χ1) is 13.9. The Hall–Kier alpha value is -1.60. The highest BCUT2D eigenvalue weighted by atomic mass is 32.2. The van der Waals surface area contributed by atoms with Crippen LogP contribution in [0.25, 0.3) is 0 Å². The molecule has 0 bridgehead atoms. The van der Waals surface area contributed by atoms with Crippen LogP contribution >= 0.6 is 0 Å². The number of amides is 1. The molecule has 3 heterocycles. The highest BCUT2D eigenvalue weighted by Gasteiger charge is 2.52. The van der Waals surface area contributed by atoms with E-state index in [2.05, 4.69) is 9.97 Å². The molecule has 3 rings (SSSR count). The van der Waals surface area contributed by atoms with Crippen LogP contribution in [-0.2, 0) is 23.9 Å². The molecule has 1 aromatic rings. The number of aromatic nitrogens is 2. The predicted octanol–water partition coefficient (Wildman–Crippen LogP) is -1.11. The molecule has 10 nitrogen and oxygen atoms in total. The minimum atomic E-state index is -3.89. The summed E-state index contributed by atoms with van der Waals surface area (Å²) in [5, 5.41) is 17.3. The van der Waals surface area contributed by atoms with Crippen LogP contribution < -0.4 is 5.46 Å². The molecule has 0 spiro atoms. The van der Waals surface area contributed by atoms with Crippen LogP contribution in [-0.4, -0.2) is 88.8 Å². The van der Waals surface area contributed by atoms with E-state index >= 15 is 0 Å². The molecule has 0 aliphatic carbocycles. The molecule has 1 aromatic heterocycles. The summed E-state index contributed by atoms with van der Waals surface area (Å²) in [5.74, 6) is -0.686. The van der Waals surface area contributed by atoms with E-state index in [1.54, 1.807) is 0 Å². The minimum absolute atomic E-state index is 0.0828. The number of piperidine rings is 1. The zero-order valence-corrected chi connectivity index (χ0v) is 18.4. The van der Waals surface area contributed by atoms with Gasteiger partial charge in [0.1, 0.15) is 0 Å². The van der Waals surface area contributed by atoms with Gasteiger partial charge in [0.25, 0.3) is 5.91 Å². The Morgan fingerprint density at radius 3 is 2.37 bits per heavy atom. The van der Waals surface area contributed by atoms with Crippen molar-refractivity contribution in [3.8, 4) is 0 Å². The molecular formula is C18H28BN3O7S. The first-order valence-corrected chi connectivity index (χ1v) is 11.4. The van der Waals surface area contributed by atoms with Crippen LogP contribution in [0.1, 0.15) is 40.5 Å². The third-order valence-corrected chi connectivity index (χ3v) is 8.00. The Labute approximate surface area is 176 Å². The van der Waals surface area contributed by atoms with Crippen molar-refractivity contribution in [2.45, 2.75) is 68.2 Å². The number of hydrogen-bond acceptors (Lipinski definition) is 9. The number of carbonyl (C=O) groups excluding carboxylic acids is 1. The van der Waals surface area contributed by atoms with E-state index in [0.717, 1.165) is 0 Å². The van der Waals surface area contributed by atoms with Crippen molar-refractivity contribution in [3.63, 3.8) is 0 Å². The van der Waals surface area contributed by atoms with E-state index in [1.807, 2.05) is 27.7 Å². The number of likely N-dealkylation sites (tertiary alicyclic amines) is 1. The summed E-state index contributed by atoms with van der Waals surface area (Å²) in [6.45, 7) is 7.18. The van der Waals surface area contributed by atoms with Crippen molar-refractivity contribution in [2.75, 3.05) is 19.7 Å². The van der Waals surface area contributed by atoms with Crippen LogP contribution in [0.5, 0.6) is 0 Å². The fourth-order valence-electron chi connectivity index (χ4n) is 3.40. The third-order valence-electron chi connectivity index (χ3n) is 6.01. The molecule has 0 aromatic carbocycles. The Bertz CT molecular complexity index is 876. The number of hydrogen-bond donors (Lipinski definition) is 2. The van der Waals surface area contributed by atoms with E-state index in [4.69, 9.17) is 14.4 Å². The van der Waals surface area contributed by atoms with Gasteiger partial charge in [-0.05, 0) is 40.5 Å². The van der Waals surface area contributed by atoms with Crippen molar-refractivity contribution in [3.05, 3.63) is 12.4 Å². The molecule has 12 heteroatoms. The van der Waals surface area contributed by atoms with Crippen molar-refractivity contribution >= 4 is 28.3 Å². The lowest BCUT2D eigenvalue weighted by molar-refractivity contribution is -0.142. The lowest BCUT2D eigenvalue weighted by Crippen LogP contribution is -2.49. The van der Waals surface area contributed by atoms with Crippen molar-refractivity contribution < 1.29 is 32.7 Å². The third kappa shape index (κ3) is 4.24. The number of sulfone groups is 1. The molecule has 2 aliphatic rings. The fraction of sp³-hybridized carbons (Fsp3) is 0.722. The van der Waals surface area contributed by atoms with Gasteiger partial charge in [0.15, 0.2) is 6.10 Å². The van der Waals surface area contributed by atoms with Crippen LogP contribution in [0.15, 0.2) is 17.6 Å². The standard InChI is InChI=1S/C18H28BN3O7S/c1-17(2)18(3,4)29-19(28-17)12-8-20-16(21-9-12)30(26,27)13-6-5-7-22(10-13)15(25)14(24)11-23/h8-9,13-14,23-24H,5-7,10-11H2,1-4H3/t13-,14-/m1/s1. The Morgan fingerprint density at radius 2 is 1.83 bits per heavy atom. The number of aliphatic hydroxyl groups excluding tert-OH is 2. The Kier molecular flexibility index (Phi) is 6.27. The average Bonchev–Trinajstić information content (AvgIpc) is 2.94. The average molecular weight is 441 g/mol. The quantitative estimate of drug-likeness (QED) is 0.430. The van der Waals surface area contributed by atoms with Gasteiger partial charge in [0.2, 0.25) is 15.0 Å². The summed E-state index contributed by atoms with van der Waals surface area (Å²) in [5.41, 5.74) is -0.571. The van der Waals surface area contributed by atoms with Gasteiger partial charge in [-0.15, -0.1) is 0 Å². The van der Waals surface area contributed by atoms with Crippen molar-refractivity contribution in [1.82, 2.24) is 14.9 Å². The fourth-order valence-corrected chi connectivity index (χ4v) is 4.95. The largest absolute Gasteiger partial charge is 0.498 e. The molecule has 166 valence electrons. The Balaban J connectivity index is 1.75. The minimum Gasteiger partial charge on any atom is -0.399 e. The van der Waals surface area contributed by atoms with Crippen LogP contribution in [0.2, 0.25) is 0 Å². The predicted molar refractivity (Wildman–Crippen MR) is 108 cm³/mol. The molecular weight excluding hydrogens is 413 g/mol. The van der Waals surface area contributed by atoms with Crippen LogP contribution in [0, 0.1) is 0 Å². The monoisotopic (exact) mass is 441 g/mol. The second kappa shape index (κ2) is 8.15. The van der Waals surface area contributed by atoms with Gasteiger partial charge in [-0.3, -0.25) is 4.79 Å².